The molecule has 1 aliphatic rings. The van der Waals surface area contributed by atoms with E-state index in [4.69, 9.17) is 10.2 Å². The summed E-state index contributed by atoms with van der Waals surface area (Å²) in [6.45, 7) is 0.406. The highest BCUT2D eigenvalue weighted by atomic mass is 32.2. The van der Waals surface area contributed by atoms with Crippen LogP contribution < -0.4 is 10.0 Å². The van der Waals surface area contributed by atoms with Gasteiger partial charge < -0.3 is 10.0 Å². The Hall–Kier alpha value is -1.44. The van der Waals surface area contributed by atoms with Crippen LogP contribution in [0.2, 0.25) is 0 Å². The number of nitrogens with zero attached hydrogens (tertiary/aromatic N) is 1. The number of hydrogen-bond acceptors (Lipinski definition) is 4. The second kappa shape index (κ2) is 5.90. The zero-order valence-corrected chi connectivity index (χ0v) is 11.8. The molecule has 1 aliphatic heterocycles. The van der Waals surface area contributed by atoms with Gasteiger partial charge in [0, 0.05) is 31.2 Å². The maximum Gasteiger partial charge on any atom is 0.227 e. The van der Waals surface area contributed by atoms with E-state index in [1.165, 1.54) is 0 Å². The number of primary sulfonamides is 1. The number of carbonyl (C=O) groups excluding carboxylic acids is 1. The van der Waals surface area contributed by atoms with E-state index >= 15 is 0 Å². The van der Waals surface area contributed by atoms with Crippen LogP contribution in [-0.4, -0.2) is 38.3 Å². The average Bonchev–Trinajstić information content (AvgIpc) is 2.68. The van der Waals surface area contributed by atoms with Crippen molar-refractivity contribution in [3.63, 3.8) is 0 Å². The van der Waals surface area contributed by atoms with Gasteiger partial charge >= 0.3 is 0 Å². The number of sulfonamides is 1. The Kier molecular flexibility index (Phi) is 4.42. The lowest BCUT2D eigenvalue weighted by Gasteiger charge is -2.17. The fourth-order valence-electron chi connectivity index (χ4n) is 2.48. The van der Waals surface area contributed by atoms with Crippen LogP contribution in [0.3, 0.4) is 0 Å². The summed E-state index contributed by atoms with van der Waals surface area (Å²) in [7, 11) is -3.57. The first-order chi connectivity index (χ1) is 9.39. The van der Waals surface area contributed by atoms with E-state index in [2.05, 4.69) is 0 Å². The van der Waals surface area contributed by atoms with Crippen molar-refractivity contribution in [1.29, 1.82) is 0 Å². The Morgan fingerprint density at radius 3 is 2.80 bits per heavy atom. The Morgan fingerprint density at radius 2 is 2.15 bits per heavy atom. The number of nitrogens with two attached hydrogens (primary N) is 1. The van der Waals surface area contributed by atoms with Gasteiger partial charge in [-0.1, -0.05) is 12.1 Å². The molecule has 3 N–H and O–H groups in total. The van der Waals surface area contributed by atoms with Crippen LogP contribution in [0.4, 0.5) is 5.69 Å². The van der Waals surface area contributed by atoms with Gasteiger partial charge in [-0.3, -0.25) is 4.79 Å². The van der Waals surface area contributed by atoms with Crippen LogP contribution in [-0.2, 0) is 21.2 Å². The molecular formula is C13H18N2O4S. The molecule has 7 heteroatoms. The molecule has 1 fully saturated rings. The Balaban J connectivity index is 2.13. The molecule has 0 spiro atoms. The Morgan fingerprint density at radius 1 is 1.40 bits per heavy atom. The summed E-state index contributed by atoms with van der Waals surface area (Å²) in [4.78, 5) is 13.6. The molecule has 1 saturated heterocycles. The number of amides is 1. The molecule has 1 aromatic rings. The monoisotopic (exact) mass is 298 g/mol. The zero-order chi connectivity index (χ0) is 14.8. The standard InChI is InChI=1S/C13H18N2O4S/c14-20(18,19)9-11-7-13(17)15(8-11)12-3-1-2-10(6-12)4-5-16/h1-3,6,11,16H,4-5,7-9H2,(H2,14,18,19). The van der Waals surface area contributed by atoms with Gasteiger partial charge in [-0.25, -0.2) is 13.6 Å². The second-order valence-electron chi connectivity index (χ2n) is 5.05. The van der Waals surface area contributed by atoms with Crippen molar-refractivity contribution in [3.8, 4) is 0 Å². The quantitative estimate of drug-likeness (QED) is 0.790. The SMILES string of the molecule is NS(=O)(=O)CC1CC(=O)N(c2cccc(CCO)c2)C1. The first-order valence-corrected chi connectivity index (χ1v) is 8.11. The van der Waals surface area contributed by atoms with Crippen LogP contribution in [0, 0.1) is 5.92 Å². The van der Waals surface area contributed by atoms with E-state index in [-0.39, 0.29) is 30.6 Å². The molecule has 0 saturated carbocycles. The predicted molar refractivity (Wildman–Crippen MR) is 75.7 cm³/mol. The number of anilines is 1. The molecule has 0 bridgehead atoms. The van der Waals surface area contributed by atoms with E-state index in [1.54, 1.807) is 11.0 Å². The van der Waals surface area contributed by atoms with Crippen molar-refractivity contribution in [2.45, 2.75) is 12.8 Å². The molecular weight excluding hydrogens is 280 g/mol. The first kappa shape index (κ1) is 15.0. The van der Waals surface area contributed by atoms with Gasteiger partial charge in [0.05, 0.1) is 5.75 Å². The Labute approximate surface area is 118 Å². The van der Waals surface area contributed by atoms with Crippen LogP contribution in [0.15, 0.2) is 24.3 Å². The summed E-state index contributed by atoms with van der Waals surface area (Å²) in [5, 5.41) is 14.0. The van der Waals surface area contributed by atoms with E-state index in [9.17, 15) is 13.2 Å². The number of carbonyl (C=O) groups is 1. The summed E-state index contributed by atoms with van der Waals surface area (Å²) in [6.07, 6.45) is 0.719. The largest absolute Gasteiger partial charge is 0.396 e. The van der Waals surface area contributed by atoms with Crippen LogP contribution in [0.5, 0.6) is 0 Å². The van der Waals surface area contributed by atoms with Crippen molar-refractivity contribution >= 4 is 21.6 Å². The number of aliphatic hydroxyl groups is 1. The second-order valence-corrected chi connectivity index (χ2v) is 6.71. The maximum atomic E-state index is 12.0. The minimum Gasteiger partial charge on any atom is -0.396 e. The topological polar surface area (TPSA) is 101 Å². The van der Waals surface area contributed by atoms with Gasteiger partial charge in [0.25, 0.3) is 0 Å². The zero-order valence-electron chi connectivity index (χ0n) is 11.0. The lowest BCUT2D eigenvalue weighted by molar-refractivity contribution is -0.117. The van der Waals surface area contributed by atoms with Gasteiger partial charge in [0.2, 0.25) is 15.9 Å². The summed E-state index contributed by atoms with van der Waals surface area (Å²) in [6, 6.07) is 7.34. The molecule has 0 aliphatic carbocycles. The predicted octanol–water partition coefficient (Wildman–Crippen LogP) is -0.137. The van der Waals surface area contributed by atoms with E-state index in [1.807, 2.05) is 18.2 Å². The highest BCUT2D eigenvalue weighted by molar-refractivity contribution is 7.89. The number of benzene rings is 1. The molecule has 0 aromatic heterocycles. The van der Waals surface area contributed by atoms with Crippen molar-refractivity contribution in [1.82, 2.24) is 0 Å². The van der Waals surface area contributed by atoms with Crippen LogP contribution >= 0.6 is 0 Å². The molecule has 20 heavy (non-hydrogen) atoms. The third-order valence-corrected chi connectivity index (χ3v) is 4.23. The minimum absolute atomic E-state index is 0.0471. The Bertz CT molecular complexity index is 600. The van der Waals surface area contributed by atoms with Crippen molar-refractivity contribution in [3.05, 3.63) is 29.8 Å². The van der Waals surface area contributed by atoms with Crippen molar-refractivity contribution in [2.75, 3.05) is 23.8 Å². The van der Waals surface area contributed by atoms with Gasteiger partial charge in [0.1, 0.15) is 0 Å². The van der Waals surface area contributed by atoms with Crippen molar-refractivity contribution in [2.24, 2.45) is 11.1 Å². The van der Waals surface area contributed by atoms with Gasteiger partial charge in [0.15, 0.2) is 0 Å². The normalized spacial score (nSPS) is 19.6. The molecule has 1 atom stereocenters. The van der Waals surface area contributed by atoms with Crippen LogP contribution in [0.1, 0.15) is 12.0 Å². The highest BCUT2D eigenvalue weighted by Crippen LogP contribution is 2.26. The third kappa shape index (κ3) is 3.78. The summed E-state index contributed by atoms with van der Waals surface area (Å²) in [5.74, 6) is -0.537. The summed E-state index contributed by atoms with van der Waals surface area (Å²) >= 11 is 0. The fourth-order valence-corrected chi connectivity index (χ4v) is 3.36. The molecule has 2 rings (SSSR count). The number of aliphatic hydroxyl groups excluding tert-OH is 1. The molecule has 1 heterocycles. The van der Waals surface area contributed by atoms with Crippen LogP contribution in [0.25, 0.3) is 0 Å². The molecule has 1 amide bonds. The van der Waals surface area contributed by atoms with E-state index in [0.29, 0.717) is 13.0 Å². The highest BCUT2D eigenvalue weighted by Gasteiger charge is 2.32. The van der Waals surface area contributed by atoms with Crippen molar-refractivity contribution < 1.29 is 18.3 Å². The molecule has 6 nitrogen and oxygen atoms in total. The molecule has 1 unspecified atom stereocenters. The van der Waals surface area contributed by atoms with E-state index in [0.717, 1.165) is 11.3 Å². The summed E-state index contributed by atoms with van der Waals surface area (Å²) in [5.41, 5.74) is 1.67. The number of hydrogen-bond donors (Lipinski definition) is 2. The lowest BCUT2D eigenvalue weighted by atomic mass is 10.1. The molecule has 0 radical (unpaired) electrons. The third-order valence-electron chi connectivity index (χ3n) is 3.30. The average molecular weight is 298 g/mol. The number of rotatable bonds is 5. The summed E-state index contributed by atoms with van der Waals surface area (Å²) < 4.78 is 22.2. The van der Waals surface area contributed by atoms with Gasteiger partial charge in [-0.15, -0.1) is 0 Å². The lowest BCUT2D eigenvalue weighted by Crippen LogP contribution is -2.27. The first-order valence-electron chi connectivity index (χ1n) is 6.39. The van der Waals surface area contributed by atoms with E-state index < -0.39 is 10.0 Å². The molecule has 110 valence electrons. The minimum atomic E-state index is -3.57. The maximum absolute atomic E-state index is 12.0. The smallest absolute Gasteiger partial charge is 0.227 e. The molecule has 1 aromatic carbocycles. The van der Waals surface area contributed by atoms with Gasteiger partial charge in [-0.2, -0.15) is 0 Å². The fraction of sp³-hybridized carbons (Fsp3) is 0.462. The van der Waals surface area contributed by atoms with Gasteiger partial charge in [-0.05, 0) is 24.1 Å².